The maximum absolute atomic E-state index is 13.2. The van der Waals surface area contributed by atoms with E-state index in [-0.39, 0.29) is 11.9 Å². The summed E-state index contributed by atoms with van der Waals surface area (Å²) in [7, 11) is 3.45. The highest BCUT2D eigenvalue weighted by atomic mass is 16.2. The summed E-state index contributed by atoms with van der Waals surface area (Å²) in [6.45, 7) is 2.98. The van der Waals surface area contributed by atoms with Crippen LogP contribution in [0.3, 0.4) is 0 Å². The van der Waals surface area contributed by atoms with E-state index in [1.807, 2.05) is 36.1 Å². The monoisotopic (exact) mass is 351 g/mol. The van der Waals surface area contributed by atoms with Crippen LogP contribution < -0.4 is 0 Å². The lowest BCUT2D eigenvalue weighted by Gasteiger charge is -2.28. The summed E-state index contributed by atoms with van der Waals surface area (Å²) < 4.78 is 1.68. The van der Waals surface area contributed by atoms with Gasteiger partial charge in [-0.2, -0.15) is 0 Å². The summed E-state index contributed by atoms with van der Waals surface area (Å²) in [6, 6.07) is 7.46. The number of aryl methyl sites for hydroxylation is 1. The first-order chi connectivity index (χ1) is 12.5. The molecule has 0 unspecified atom stereocenters. The van der Waals surface area contributed by atoms with Crippen molar-refractivity contribution in [3.05, 3.63) is 53.2 Å². The maximum atomic E-state index is 13.2. The first kappa shape index (κ1) is 16.4. The molecule has 134 valence electrons. The molecule has 0 atom stereocenters. The van der Waals surface area contributed by atoms with Crippen LogP contribution in [0, 0.1) is 6.92 Å². The molecule has 0 radical (unpaired) electrons. The van der Waals surface area contributed by atoms with Crippen LogP contribution in [0.25, 0.3) is 10.9 Å². The molecular formula is C19H21N5O2. The molecule has 0 bridgehead atoms. The molecule has 0 saturated carbocycles. The highest BCUT2D eigenvalue weighted by molar-refractivity contribution is 6.11. The van der Waals surface area contributed by atoms with Gasteiger partial charge in [0.05, 0.1) is 29.6 Å². The van der Waals surface area contributed by atoms with Crippen LogP contribution in [-0.4, -0.2) is 56.9 Å². The molecule has 0 fully saturated rings. The van der Waals surface area contributed by atoms with Crippen LogP contribution in [0.2, 0.25) is 0 Å². The zero-order chi connectivity index (χ0) is 18.4. The van der Waals surface area contributed by atoms with Gasteiger partial charge in [0.2, 0.25) is 0 Å². The molecule has 7 heteroatoms. The van der Waals surface area contributed by atoms with Crippen LogP contribution in [0.5, 0.6) is 0 Å². The number of carbonyl (C=O) groups excluding carboxylic acids is 2. The molecule has 1 aliphatic heterocycles. The van der Waals surface area contributed by atoms with Crippen molar-refractivity contribution >= 4 is 22.8 Å². The predicted molar refractivity (Wildman–Crippen MR) is 98.2 cm³/mol. The average Bonchev–Trinajstić information content (AvgIpc) is 3.18. The van der Waals surface area contributed by atoms with Crippen molar-refractivity contribution in [2.24, 2.45) is 0 Å². The van der Waals surface area contributed by atoms with Crippen molar-refractivity contribution in [2.75, 3.05) is 20.6 Å². The van der Waals surface area contributed by atoms with E-state index in [1.54, 1.807) is 25.0 Å². The molecule has 2 aromatic heterocycles. The van der Waals surface area contributed by atoms with Crippen LogP contribution in [-0.2, 0) is 13.0 Å². The van der Waals surface area contributed by atoms with Crippen molar-refractivity contribution in [2.45, 2.75) is 19.9 Å². The van der Waals surface area contributed by atoms with Crippen LogP contribution >= 0.6 is 0 Å². The second-order valence-corrected chi connectivity index (χ2v) is 6.80. The van der Waals surface area contributed by atoms with Gasteiger partial charge in [-0.25, -0.2) is 9.78 Å². The van der Waals surface area contributed by atoms with Crippen molar-refractivity contribution in [3.63, 3.8) is 0 Å². The Kier molecular flexibility index (Phi) is 3.79. The van der Waals surface area contributed by atoms with Crippen LogP contribution in [0.15, 0.2) is 30.6 Å². The Morgan fingerprint density at radius 3 is 2.77 bits per heavy atom. The fraction of sp³-hybridized carbons (Fsp3) is 0.316. The van der Waals surface area contributed by atoms with Crippen molar-refractivity contribution in [1.82, 2.24) is 24.3 Å². The lowest BCUT2D eigenvalue weighted by molar-refractivity contribution is 0.0725. The molecular weight excluding hydrogens is 330 g/mol. The molecule has 3 aromatic rings. The highest BCUT2D eigenvalue weighted by Gasteiger charge is 2.33. The van der Waals surface area contributed by atoms with Crippen molar-refractivity contribution in [1.29, 1.82) is 0 Å². The normalized spacial score (nSPS) is 14.0. The Labute approximate surface area is 151 Å². The van der Waals surface area contributed by atoms with Gasteiger partial charge in [-0.05, 0) is 13.0 Å². The first-order valence-corrected chi connectivity index (χ1v) is 8.61. The van der Waals surface area contributed by atoms with E-state index in [0.717, 1.165) is 28.0 Å². The van der Waals surface area contributed by atoms with Gasteiger partial charge in [-0.3, -0.25) is 9.36 Å². The van der Waals surface area contributed by atoms with E-state index in [4.69, 9.17) is 0 Å². The number of amides is 2. The van der Waals surface area contributed by atoms with Gasteiger partial charge < -0.3 is 14.8 Å². The highest BCUT2D eigenvalue weighted by Crippen LogP contribution is 2.31. The fourth-order valence-corrected chi connectivity index (χ4v) is 3.57. The summed E-state index contributed by atoms with van der Waals surface area (Å²) in [5.41, 5.74) is 4.05. The van der Waals surface area contributed by atoms with E-state index in [9.17, 15) is 9.59 Å². The fourth-order valence-electron chi connectivity index (χ4n) is 3.57. The quantitative estimate of drug-likeness (QED) is 0.770. The molecule has 1 N–H and O–H groups in total. The van der Waals surface area contributed by atoms with Gasteiger partial charge >= 0.3 is 6.03 Å². The van der Waals surface area contributed by atoms with E-state index in [0.29, 0.717) is 25.1 Å². The van der Waals surface area contributed by atoms with Gasteiger partial charge in [-0.1, -0.05) is 18.2 Å². The van der Waals surface area contributed by atoms with Crippen LogP contribution in [0.4, 0.5) is 4.79 Å². The third-order valence-corrected chi connectivity index (χ3v) is 4.94. The minimum absolute atomic E-state index is 0.0462. The lowest BCUT2D eigenvalue weighted by atomic mass is 10.0. The smallest absolute Gasteiger partial charge is 0.328 e. The predicted octanol–water partition coefficient (Wildman–Crippen LogP) is 2.40. The third-order valence-electron chi connectivity index (χ3n) is 4.94. The van der Waals surface area contributed by atoms with Crippen molar-refractivity contribution < 1.29 is 9.59 Å². The molecule has 7 nitrogen and oxygen atoms in total. The van der Waals surface area contributed by atoms with Crippen LogP contribution in [0.1, 0.15) is 27.4 Å². The van der Waals surface area contributed by atoms with Gasteiger partial charge in [0.25, 0.3) is 5.91 Å². The number of para-hydroxylation sites is 1. The summed E-state index contributed by atoms with van der Waals surface area (Å²) in [4.78, 5) is 36.7. The number of hydrogen-bond donors (Lipinski definition) is 1. The minimum atomic E-state index is -0.133. The standard InChI is InChI=1S/C19H21N5O2/c1-12-14(21-11-20-12)10-23-9-8-16-17(18(23)25)13-6-4-5-7-15(13)24(16)19(26)22(2)3/h4-7,11H,8-10H2,1-3H3,(H,20,21). The molecule has 1 aliphatic rings. The summed E-state index contributed by atoms with van der Waals surface area (Å²) in [5, 5.41) is 0.825. The number of nitrogens with one attached hydrogen (secondary N) is 1. The summed E-state index contributed by atoms with van der Waals surface area (Å²) >= 11 is 0. The summed E-state index contributed by atoms with van der Waals surface area (Å²) in [6.07, 6.45) is 2.28. The number of hydrogen-bond acceptors (Lipinski definition) is 3. The molecule has 4 rings (SSSR count). The maximum Gasteiger partial charge on any atom is 0.328 e. The average molecular weight is 351 g/mol. The lowest BCUT2D eigenvalue weighted by Crippen LogP contribution is -2.39. The topological polar surface area (TPSA) is 74.2 Å². The number of H-pyrrole nitrogens is 1. The number of aromatic amines is 1. The van der Waals surface area contributed by atoms with Crippen molar-refractivity contribution in [3.8, 4) is 0 Å². The SMILES string of the molecule is Cc1[nH]cnc1CN1CCc2c(c3ccccc3n2C(=O)N(C)C)C1=O. The number of nitrogens with zero attached hydrogens (tertiary/aromatic N) is 4. The Morgan fingerprint density at radius 2 is 2.08 bits per heavy atom. The zero-order valence-corrected chi connectivity index (χ0v) is 15.1. The number of carbonyl (C=O) groups is 2. The van der Waals surface area contributed by atoms with Gasteiger partial charge in [0.15, 0.2) is 0 Å². The number of aromatic nitrogens is 3. The number of fused-ring (bicyclic) bond motifs is 3. The molecule has 0 aliphatic carbocycles. The Balaban J connectivity index is 1.82. The third kappa shape index (κ3) is 2.39. The second-order valence-electron chi connectivity index (χ2n) is 6.80. The Morgan fingerprint density at radius 1 is 1.31 bits per heavy atom. The molecule has 26 heavy (non-hydrogen) atoms. The summed E-state index contributed by atoms with van der Waals surface area (Å²) in [5.74, 6) is -0.0462. The van der Waals surface area contributed by atoms with E-state index < -0.39 is 0 Å². The van der Waals surface area contributed by atoms with Gasteiger partial charge in [0.1, 0.15) is 0 Å². The molecule has 2 amide bonds. The molecule has 3 heterocycles. The second kappa shape index (κ2) is 6.01. The first-order valence-electron chi connectivity index (χ1n) is 8.61. The van der Waals surface area contributed by atoms with E-state index in [1.165, 1.54) is 4.90 Å². The zero-order valence-electron chi connectivity index (χ0n) is 15.1. The van der Waals surface area contributed by atoms with E-state index in [2.05, 4.69) is 9.97 Å². The molecule has 1 aromatic carbocycles. The van der Waals surface area contributed by atoms with E-state index >= 15 is 0 Å². The number of rotatable bonds is 2. The molecule has 0 saturated heterocycles. The number of imidazole rings is 1. The van der Waals surface area contributed by atoms with Gasteiger partial charge in [0, 0.05) is 43.8 Å². The number of benzene rings is 1. The molecule has 0 spiro atoms. The Bertz CT molecular complexity index is 1010. The largest absolute Gasteiger partial charge is 0.348 e. The van der Waals surface area contributed by atoms with Gasteiger partial charge in [-0.15, -0.1) is 0 Å². The Hall–Kier alpha value is -3.09. The minimum Gasteiger partial charge on any atom is -0.348 e.